The van der Waals surface area contributed by atoms with Crippen molar-refractivity contribution in [2.75, 3.05) is 19.6 Å². The van der Waals surface area contributed by atoms with Crippen molar-refractivity contribution in [1.29, 1.82) is 0 Å². The molecule has 3 rings (SSSR count). The highest BCUT2D eigenvalue weighted by molar-refractivity contribution is 5.16. The Bertz CT molecular complexity index is 465. The van der Waals surface area contributed by atoms with Gasteiger partial charge in [0, 0.05) is 44.6 Å². The Morgan fingerprint density at radius 2 is 1.95 bits per heavy atom. The SMILES string of the molecule is c1ccc(CC2CN(Cc3cccnc3)CCN2)cc1. The zero-order valence-corrected chi connectivity index (χ0v) is 11.7. The molecule has 104 valence electrons. The van der Waals surface area contributed by atoms with E-state index in [1.165, 1.54) is 11.1 Å². The lowest BCUT2D eigenvalue weighted by molar-refractivity contribution is 0.191. The molecule has 1 saturated heterocycles. The van der Waals surface area contributed by atoms with Crippen molar-refractivity contribution in [1.82, 2.24) is 15.2 Å². The third-order valence-corrected chi connectivity index (χ3v) is 3.79. The number of pyridine rings is 1. The van der Waals surface area contributed by atoms with Crippen molar-refractivity contribution in [2.45, 2.75) is 19.0 Å². The summed E-state index contributed by atoms with van der Waals surface area (Å²) in [6, 6.07) is 15.4. The summed E-state index contributed by atoms with van der Waals surface area (Å²) < 4.78 is 0. The van der Waals surface area contributed by atoms with Gasteiger partial charge in [-0.15, -0.1) is 0 Å². The summed E-state index contributed by atoms with van der Waals surface area (Å²) >= 11 is 0. The number of rotatable bonds is 4. The van der Waals surface area contributed by atoms with Gasteiger partial charge in [-0.05, 0) is 23.6 Å². The van der Waals surface area contributed by atoms with Crippen LogP contribution in [0.2, 0.25) is 0 Å². The fourth-order valence-corrected chi connectivity index (χ4v) is 2.82. The summed E-state index contributed by atoms with van der Waals surface area (Å²) in [6.45, 7) is 4.28. The Morgan fingerprint density at radius 3 is 2.75 bits per heavy atom. The van der Waals surface area contributed by atoms with E-state index in [0.717, 1.165) is 32.6 Å². The van der Waals surface area contributed by atoms with E-state index in [9.17, 15) is 0 Å². The molecule has 20 heavy (non-hydrogen) atoms. The van der Waals surface area contributed by atoms with Gasteiger partial charge in [-0.25, -0.2) is 0 Å². The van der Waals surface area contributed by atoms with Gasteiger partial charge in [0.1, 0.15) is 0 Å². The van der Waals surface area contributed by atoms with E-state index in [1.54, 1.807) is 0 Å². The van der Waals surface area contributed by atoms with Crippen LogP contribution >= 0.6 is 0 Å². The molecule has 3 heteroatoms. The molecule has 2 heterocycles. The first-order chi connectivity index (χ1) is 9.90. The van der Waals surface area contributed by atoms with Gasteiger partial charge in [-0.2, -0.15) is 0 Å². The summed E-state index contributed by atoms with van der Waals surface area (Å²) in [5, 5.41) is 3.63. The van der Waals surface area contributed by atoms with Crippen LogP contribution in [0.3, 0.4) is 0 Å². The van der Waals surface area contributed by atoms with Gasteiger partial charge >= 0.3 is 0 Å². The molecule has 0 spiro atoms. The molecule has 1 aliphatic heterocycles. The smallest absolute Gasteiger partial charge is 0.0312 e. The third-order valence-electron chi connectivity index (χ3n) is 3.79. The van der Waals surface area contributed by atoms with E-state index in [1.807, 2.05) is 18.5 Å². The monoisotopic (exact) mass is 267 g/mol. The number of hydrogen-bond acceptors (Lipinski definition) is 3. The second-order valence-corrected chi connectivity index (χ2v) is 5.44. The van der Waals surface area contributed by atoms with Crippen molar-refractivity contribution >= 4 is 0 Å². The van der Waals surface area contributed by atoms with Crippen LogP contribution in [0.25, 0.3) is 0 Å². The van der Waals surface area contributed by atoms with Crippen LogP contribution in [-0.2, 0) is 13.0 Å². The van der Waals surface area contributed by atoms with E-state index in [-0.39, 0.29) is 0 Å². The topological polar surface area (TPSA) is 28.2 Å². The maximum atomic E-state index is 4.19. The van der Waals surface area contributed by atoms with Crippen molar-refractivity contribution in [2.24, 2.45) is 0 Å². The van der Waals surface area contributed by atoms with Crippen molar-refractivity contribution in [3.05, 3.63) is 66.0 Å². The molecule has 1 unspecified atom stereocenters. The lowest BCUT2D eigenvalue weighted by atomic mass is 10.0. The van der Waals surface area contributed by atoms with Crippen molar-refractivity contribution in [3.63, 3.8) is 0 Å². The van der Waals surface area contributed by atoms with Gasteiger partial charge in [0.25, 0.3) is 0 Å². The van der Waals surface area contributed by atoms with Crippen LogP contribution in [0.4, 0.5) is 0 Å². The van der Waals surface area contributed by atoms with E-state index in [2.05, 4.69) is 51.6 Å². The molecular weight excluding hydrogens is 246 g/mol. The summed E-state index contributed by atoms with van der Waals surface area (Å²) in [5.74, 6) is 0. The summed E-state index contributed by atoms with van der Waals surface area (Å²) in [5.41, 5.74) is 2.71. The minimum atomic E-state index is 0.544. The van der Waals surface area contributed by atoms with Gasteiger partial charge in [-0.3, -0.25) is 9.88 Å². The van der Waals surface area contributed by atoms with Gasteiger partial charge in [-0.1, -0.05) is 36.4 Å². The predicted molar refractivity (Wildman–Crippen MR) is 81.5 cm³/mol. The number of nitrogens with one attached hydrogen (secondary N) is 1. The fraction of sp³-hybridized carbons (Fsp3) is 0.353. The van der Waals surface area contributed by atoms with Crippen molar-refractivity contribution in [3.8, 4) is 0 Å². The summed E-state index contributed by atoms with van der Waals surface area (Å²) in [4.78, 5) is 6.71. The highest BCUT2D eigenvalue weighted by Gasteiger charge is 2.19. The predicted octanol–water partition coefficient (Wildman–Crippen LogP) is 2.10. The number of piperazine rings is 1. The Labute approximate surface area is 120 Å². The first-order valence-corrected chi connectivity index (χ1v) is 7.29. The van der Waals surface area contributed by atoms with Gasteiger partial charge in [0.2, 0.25) is 0 Å². The average molecular weight is 267 g/mol. The largest absolute Gasteiger partial charge is 0.311 e. The van der Waals surface area contributed by atoms with Gasteiger partial charge in [0.05, 0.1) is 0 Å². The number of hydrogen-bond donors (Lipinski definition) is 1. The molecular formula is C17H21N3. The average Bonchev–Trinajstić information content (AvgIpc) is 2.50. The van der Waals surface area contributed by atoms with E-state index < -0.39 is 0 Å². The number of benzene rings is 1. The van der Waals surface area contributed by atoms with Crippen LogP contribution in [-0.4, -0.2) is 35.6 Å². The highest BCUT2D eigenvalue weighted by atomic mass is 15.2. The molecule has 1 aromatic carbocycles. The molecule has 0 radical (unpaired) electrons. The molecule has 0 bridgehead atoms. The molecule has 1 atom stereocenters. The first-order valence-electron chi connectivity index (χ1n) is 7.29. The Morgan fingerprint density at radius 1 is 1.10 bits per heavy atom. The minimum absolute atomic E-state index is 0.544. The fourth-order valence-electron chi connectivity index (χ4n) is 2.82. The van der Waals surface area contributed by atoms with Crippen LogP contribution in [0, 0.1) is 0 Å². The molecule has 1 aromatic heterocycles. The molecule has 0 aliphatic carbocycles. The second-order valence-electron chi connectivity index (χ2n) is 5.44. The van der Waals surface area contributed by atoms with Crippen LogP contribution in [0.15, 0.2) is 54.9 Å². The first kappa shape index (κ1) is 13.3. The minimum Gasteiger partial charge on any atom is -0.311 e. The number of aromatic nitrogens is 1. The van der Waals surface area contributed by atoms with Crippen LogP contribution < -0.4 is 5.32 Å². The molecule has 3 nitrogen and oxygen atoms in total. The van der Waals surface area contributed by atoms with E-state index in [0.29, 0.717) is 6.04 Å². The maximum absolute atomic E-state index is 4.19. The Balaban J connectivity index is 1.57. The summed E-state index contributed by atoms with van der Waals surface area (Å²) in [6.07, 6.45) is 4.90. The molecule has 1 N–H and O–H groups in total. The summed E-state index contributed by atoms with van der Waals surface area (Å²) in [7, 11) is 0. The normalized spacial score (nSPS) is 19.9. The number of nitrogens with zero attached hydrogens (tertiary/aromatic N) is 2. The molecule has 1 fully saturated rings. The lowest BCUT2D eigenvalue weighted by Crippen LogP contribution is -2.51. The van der Waals surface area contributed by atoms with Crippen LogP contribution in [0.1, 0.15) is 11.1 Å². The molecule has 0 amide bonds. The quantitative estimate of drug-likeness (QED) is 0.919. The molecule has 1 aliphatic rings. The third kappa shape index (κ3) is 3.65. The van der Waals surface area contributed by atoms with Crippen LogP contribution in [0.5, 0.6) is 0 Å². The standard InChI is InChI=1S/C17H21N3/c1-2-5-15(6-3-1)11-17-14-20(10-9-19-17)13-16-7-4-8-18-12-16/h1-8,12,17,19H,9-11,13-14H2. The zero-order chi connectivity index (χ0) is 13.6. The lowest BCUT2D eigenvalue weighted by Gasteiger charge is -2.33. The molecule has 0 saturated carbocycles. The van der Waals surface area contributed by atoms with Gasteiger partial charge in [0.15, 0.2) is 0 Å². The highest BCUT2D eigenvalue weighted by Crippen LogP contribution is 2.10. The van der Waals surface area contributed by atoms with Crippen molar-refractivity contribution < 1.29 is 0 Å². The van der Waals surface area contributed by atoms with E-state index in [4.69, 9.17) is 0 Å². The maximum Gasteiger partial charge on any atom is 0.0312 e. The second kappa shape index (κ2) is 6.64. The van der Waals surface area contributed by atoms with Gasteiger partial charge < -0.3 is 5.32 Å². The Hall–Kier alpha value is -1.71. The zero-order valence-electron chi connectivity index (χ0n) is 11.7. The van der Waals surface area contributed by atoms with E-state index >= 15 is 0 Å². The molecule has 2 aromatic rings. The Kier molecular flexibility index (Phi) is 4.41.